The van der Waals surface area contributed by atoms with Gasteiger partial charge in [-0.2, -0.15) is 0 Å². The standard InChI is InChI=1S/C22H24ClNO3.ClH/c23-19-8-5-17(6-9-19)16-27-22-10-7-18-3-1-2-4-20(18)21(22)15-24-11-13-26-14-12-25;/h1-10,24-25H,11-16H2;1H. The number of hydrogen-bond donors (Lipinski definition) is 2. The predicted octanol–water partition coefficient (Wildman–Crippen LogP) is 4.59. The molecule has 3 rings (SSSR count). The number of nitrogens with one attached hydrogen (secondary N) is 1. The van der Waals surface area contributed by atoms with E-state index in [2.05, 4.69) is 23.5 Å². The minimum absolute atomic E-state index is 0. The van der Waals surface area contributed by atoms with E-state index in [1.165, 1.54) is 10.8 Å². The van der Waals surface area contributed by atoms with E-state index in [-0.39, 0.29) is 19.0 Å². The van der Waals surface area contributed by atoms with E-state index < -0.39 is 0 Å². The molecule has 0 aliphatic heterocycles. The van der Waals surface area contributed by atoms with E-state index in [0.717, 1.165) is 21.9 Å². The Hall–Kier alpha value is -1.82. The third-order valence-corrected chi connectivity index (χ3v) is 4.52. The maximum absolute atomic E-state index is 8.75. The molecule has 3 aromatic carbocycles. The molecule has 0 aliphatic rings. The summed E-state index contributed by atoms with van der Waals surface area (Å²) in [5.74, 6) is 0.868. The average molecular weight is 422 g/mol. The van der Waals surface area contributed by atoms with Crippen LogP contribution in [0.4, 0.5) is 0 Å². The van der Waals surface area contributed by atoms with Crippen molar-refractivity contribution in [2.75, 3.05) is 26.4 Å². The highest BCUT2D eigenvalue weighted by Crippen LogP contribution is 2.29. The van der Waals surface area contributed by atoms with Gasteiger partial charge >= 0.3 is 0 Å². The molecule has 0 bridgehead atoms. The molecule has 0 atom stereocenters. The fourth-order valence-electron chi connectivity index (χ4n) is 2.90. The largest absolute Gasteiger partial charge is 0.489 e. The number of aliphatic hydroxyl groups excluding tert-OH is 1. The van der Waals surface area contributed by atoms with E-state index >= 15 is 0 Å². The summed E-state index contributed by atoms with van der Waals surface area (Å²) >= 11 is 5.95. The van der Waals surface area contributed by atoms with E-state index in [1.807, 2.05) is 42.5 Å². The summed E-state index contributed by atoms with van der Waals surface area (Å²) in [4.78, 5) is 0. The fraction of sp³-hybridized carbons (Fsp3) is 0.273. The molecule has 6 heteroatoms. The molecule has 0 aliphatic carbocycles. The Labute approximate surface area is 176 Å². The van der Waals surface area contributed by atoms with Gasteiger partial charge in [0.15, 0.2) is 0 Å². The van der Waals surface area contributed by atoms with Crippen molar-refractivity contribution in [3.63, 3.8) is 0 Å². The third-order valence-electron chi connectivity index (χ3n) is 4.27. The van der Waals surface area contributed by atoms with Crippen molar-refractivity contribution in [1.29, 1.82) is 0 Å². The zero-order valence-corrected chi connectivity index (χ0v) is 17.1. The van der Waals surface area contributed by atoms with Gasteiger partial charge in [0.1, 0.15) is 12.4 Å². The van der Waals surface area contributed by atoms with Crippen LogP contribution in [-0.2, 0) is 17.9 Å². The number of halogens is 2. The van der Waals surface area contributed by atoms with Crippen LogP contribution >= 0.6 is 24.0 Å². The minimum Gasteiger partial charge on any atom is -0.489 e. The molecule has 0 fully saturated rings. The highest BCUT2D eigenvalue weighted by Gasteiger charge is 2.09. The third kappa shape index (κ3) is 6.36. The number of aliphatic hydroxyl groups is 1. The number of hydrogen-bond acceptors (Lipinski definition) is 4. The molecule has 150 valence electrons. The summed E-state index contributed by atoms with van der Waals surface area (Å²) in [6.07, 6.45) is 0. The Balaban J connectivity index is 0.00000280. The van der Waals surface area contributed by atoms with Gasteiger partial charge in [0.25, 0.3) is 0 Å². The molecule has 0 saturated heterocycles. The molecular weight excluding hydrogens is 397 g/mol. The van der Waals surface area contributed by atoms with Gasteiger partial charge in [0.2, 0.25) is 0 Å². The van der Waals surface area contributed by atoms with Gasteiger partial charge in [-0.1, -0.05) is 54.1 Å². The smallest absolute Gasteiger partial charge is 0.124 e. The van der Waals surface area contributed by atoms with Crippen molar-refractivity contribution >= 4 is 34.8 Å². The van der Waals surface area contributed by atoms with Gasteiger partial charge in [0.05, 0.1) is 19.8 Å². The summed E-state index contributed by atoms with van der Waals surface area (Å²) in [6.45, 7) is 2.85. The Morgan fingerprint density at radius 2 is 1.71 bits per heavy atom. The molecule has 4 nitrogen and oxygen atoms in total. The molecule has 3 aromatic rings. The quantitative estimate of drug-likeness (QED) is 0.469. The SMILES string of the molecule is Cl.OCCOCCNCc1c(OCc2ccc(Cl)cc2)ccc2ccccc12. The zero-order valence-electron chi connectivity index (χ0n) is 15.6. The Bertz CT molecular complexity index is 856. The predicted molar refractivity (Wildman–Crippen MR) is 117 cm³/mol. The lowest BCUT2D eigenvalue weighted by atomic mass is 10.0. The molecule has 2 N–H and O–H groups in total. The van der Waals surface area contributed by atoms with Crippen LogP contribution in [0, 0.1) is 0 Å². The van der Waals surface area contributed by atoms with Gasteiger partial charge < -0.3 is 19.9 Å². The average Bonchev–Trinajstić information content (AvgIpc) is 2.70. The summed E-state index contributed by atoms with van der Waals surface area (Å²) in [5, 5.41) is 15.2. The first-order chi connectivity index (χ1) is 13.3. The normalized spacial score (nSPS) is 10.6. The topological polar surface area (TPSA) is 50.7 Å². The van der Waals surface area contributed by atoms with Crippen LogP contribution in [-0.4, -0.2) is 31.5 Å². The first kappa shape index (κ1) is 22.5. The molecule has 0 radical (unpaired) electrons. The van der Waals surface area contributed by atoms with Crippen molar-refractivity contribution in [1.82, 2.24) is 5.32 Å². The maximum atomic E-state index is 8.75. The van der Waals surface area contributed by atoms with E-state index in [9.17, 15) is 0 Å². The van der Waals surface area contributed by atoms with Crippen molar-refractivity contribution in [2.24, 2.45) is 0 Å². The fourth-order valence-corrected chi connectivity index (χ4v) is 3.03. The molecule has 0 saturated carbocycles. The number of fused-ring (bicyclic) bond motifs is 1. The molecule has 28 heavy (non-hydrogen) atoms. The van der Waals surface area contributed by atoms with Gasteiger partial charge in [0, 0.05) is 23.7 Å². The van der Waals surface area contributed by atoms with Gasteiger partial charge in [-0.15, -0.1) is 12.4 Å². The van der Waals surface area contributed by atoms with Crippen molar-refractivity contribution in [2.45, 2.75) is 13.2 Å². The number of rotatable bonds is 10. The number of ether oxygens (including phenoxy) is 2. The van der Waals surface area contributed by atoms with Gasteiger partial charge in [-0.3, -0.25) is 0 Å². The van der Waals surface area contributed by atoms with Crippen LogP contribution in [0.1, 0.15) is 11.1 Å². The summed E-state index contributed by atoms with van der Waals surface area (Å²) in [7, 11) is 0. The number of benzene rings is 3. The first-order valence-corrected chi connectivity index (χ1v) is 9.43. The van der Waals surface area contributed by atoms with Gasteiger partial charge in [-0.05, 0) is 34.5 Å². The van der Waals surface area contributed by atoms with E-state index in [0.29, 0.717) is 32.9 Å². The lowest BCUT2D eigenvalue weighted by Crippen LogP contribution is -2.20. The Morgan fingerprint density at radius 1 is 0.929 bits per heavy atom. The van der Waals surface area contributed by atoms with Crippen molar-refractivity contribution in [3.8, 4) is 5.75 Å². The summed E-state index contributed by atoms with van der Waals surface area (Å²) < 4.78 is 11.4. The second-order valence-electron chi connectivity index (χ2n) is 6.19. The van der Waals surface area contributed by atoms with Crippen molar-refractivity contribution < 1.29 is 14.6 Å². The highest BCUT2D eigenvalue weighted by molar-refractivity contribution is 6.30. The van der Waals surface area contributed by atoms with Crippen LogP contribution in [0.5, 0.6) is 5.75 Å². The Morgan fingerprint density at radius 3 is 2.50 bits per heavy atom. The molecule has 0 aromatic heterocycles. The van der Waals surface area contributed by atoms with Crippen LogP contribution in [0.25, 0.3) is 10.8 Å². The van der Waals surface area contributed by atoms with Crippen molar-refractivity contribution in [3.05, 3.63) is 76.8 Å². The molecular formula is C22H25Cl2NO3. The Kier molecular flexibility index (Phi) is 9.55. The monoisotopic (exact) mass is 421 g/mol. The second-order valence-corrected chi connectivity index (χ2v) is 6.63. The molecule has 0 spiro atoms. The van der Waals surface area contributed by atoms with Crippen LogP contribution in [0.3, 0.4) is 0 Å². The summed E-state index contributed by atoms with van der Waals surface area (Å²) in [6, 6.07) is 20.1. The lowest BCUT2D eigenvalue weighted by molar-refractivity contribution is 0.0938. The van der Waals surface area contributed by atoms with Crippen LogP contribution in [0.2, 0.25) is 5.02 Å². The first-order valence-electron chi connectivity index (χ1n) is 9.05. The molecule has 0 amide bonds. The van der Waals surface area contributed by atoms with Crippen LogP contribution in [0.15, 0.2) is 60.7 Å². The summed E-state index contributed by atoms with van der Waals surface area (Å²) in [5.41, 5.74) is 2.20. The zero-order chi connectivity index (χ0) is 18.9. The lowest BCUT2D eigenvalue weighted by Gasteiger charge is -2.15. The minimum atomic E-state index is 0. The van der Waals surface area contributed by atoms with E-state index in [1.54, 1.807) is 0 Å². The second kappa shape index (κ2) is 11.9. The molecule has 0 heterocycles. The maximum Gasteiger partial charge on any atom is 0.124 e. The molecule has 0 unspecified atom stereocenters. The highest BCUT2D eigenvalue weighted by atomic mass is 35.5. The van der Waals surface area contributed by atoms with Gasteiger partial charge in [-0.25, -0.2) is 0 Å². The van der Waals surface area contributed by atoms with E-state index in [4.69, 9.17) is 26.2 Å². The van der Waals surface area contributed by atoms with Crippen LogP contribution < -0.4 is 10.1 Å².